The van der Waals surface area contributed by atoms with E-state index in [1.54, 1.807) is 17.4 Å². The van der Waals surface area contributed by atoms with E-state index in [4.69, 9.17) is 9.72 Å². The molecule has 0 atom stereocenters. The quantitative estimate of drug-likeness (QED) is 0.357. The van der Waals surface area contributed by atoms with E-state index in [1.165, 1.54) is 11.8 Å². The average Bonchev–Trinajstić information content (AvgIpc) is 3.31. The largest absolute Gasteiger partial charge is 0.486 e. The van der Waals surface area contributed by atoms with Gasteiger partial charge in [-0.25, -0.2) is 23.7 Å². The summed E-state index contributed by atoms with van der Waals surface area (Å²) in [4.78, 5) is 20.3. The number of nitrogens with zero attached hydrogens (tertiary/aromatic N) is 6. The van der Waals surface area contributed by atoms with Crippen LogP contribution in [0.15, 0.2) is 36.5 Å². The summed E-state index contributed by atoms with van der Waals surface area (Å²) in [5.41, 5.74) is 3.18. The molecular formula is C28H30F2N6OS. The molecule has 1 saturated heterocycles. The Labute approximate surface area is 224 Å². The van der Waals surface area contributed by atoms with Gasteiger partial charge < -0.3 is 19.4 Å². The van der Waals surface area contributed by atoms with Crippen LogP contribution in [0.1, 0.15) is 24.7 Å². The number of fused-ring (bicyclic) bond motifs is 2. The smallest absolute Gasteiger partial charge is 0.178 e. The van der Waals surface area contributed by atoms with Gasteiger partial charge in [-0.05, 0) is 51.2 Å². The third-order valence-corrected chi connectivity index (χ3v) is 8.22. The Kier molecular flexibility index (Phi) is 6.61. The van der Waals surface area contributed by atoms with Crippen molar-refractivity contribution < 1.29 is 13.5 Å². The van der Waals surface area contributed by atoms with Gasteiger partial charge in [-0.1, -0.05) is 0 Å². The number of thiazole rings is 1. The molecule has 2 aromatic heterocycles. The fraction of sp³-hybridized carbons (Fsp3) is 0.393. The zero-order chi connectivity index (χ0) is 26.4. The van der Waals surface area contributed by atoms with Gasteiger partial charge in [-0.15, -0.1) is 11.3 Å². The van der Waals surface area contributed by atoms with Crippen LogP contribution in [-0.2, 0) is 6.42 Å². The first kappa shape index (κ1) is 24.9. The SMILES string of the molecule is CC(C)N1CCOc2c(F)cc(-c3nc(Cc4nc5ccc(N6CCN(C)CC6)cc5s4)ncc3F)cc21. The predicted octanol–water partition coefficient (Wildman–Crippen LogP) is 4.98. The maximum Gasteiger partial charge on any atom is 0.178 e. The van der Waals surface area contributed by atoms with Crippen LogP contribution < -0.4 is 14.5 Å². The Morgan fingerprint density at radius 3 is 2.61 bits per heavy atom. The molecule has 10 heteroatoms. The summed E-state index contributed by atoms with van der Waals surface area (Å²) < 4.78 is 36.6. The number of aromatic nitrogens is 3. The minimum absolute atomic E-state index is 0.0736. The zero-order valence-corrected chi connectivity index (χ0v) is 22.6. The molecule has 0 N–H and O–H groups in total. The van der Waals surface area contributed by atoms with Crippen molar-refractivity contribution in [1.82, 2.24) is 19.9 Å². The maximum absolute atomic E-state index is 15.0. The van der Waals surface area contributed by atoms with Crippen molar-refractivity contribution in [2.45, 2.75) is 26.3 Å². The average molecular weight is 537 g/mol. The summed E-state index contributed by atoms with van der Waals surface area (Å²) >= 11 is 1.60. The number of hydrogen-bond donors (Lipinski definition) is 0. The highest BCUT2D eigenvalue weighted by molar-refractivity contribution is 7.18. The van der Waals surface area contributed by atoms with Gasteiger partial charge in [0.25, 0.3) is 0 Å². The molecule has 0 bridgehead atoms. The van der Waals surface area contributed by atoms with Gasteiger partial charge in [0.1, 0.15) is 23.1 Å². The topological polar surface area (TPSA) is 57.6 Å². The van der Waals surface area contributed by atoms with Crippen LogP contribution in [-0.4, -0.2) is 72.3 Å². The lowest BCUT2D eigenvalue weighted by Gasteiger charge is -2.34. The molecular weight excluding hydrogens is 506 g/mol. The molecule has 7 nitrogen and oxygen atoms in total. The van der Waals surface area contributed by atoms with E-state index >= 15 is 4.39 Å². The summed E-state index contributed by atoms with van der Waals surface area (Å²) in [7, 11) is 2.15. The number of ether oxygens (including phenoxy) is 1. The highest BCUT2D eigenvalue weighted by Gasteiger charge is 2.26. The van der Waals surface area contributed by atoms with Gasteiger partial charge >= 0.3 is 0 Å². The first-order valence-corrected chi connectivity index (χ1v) is 13.7. The third kappa shape index (κ3) is 4.78. The Bertz CT molecular complexity index is 1480. The second kappa shape index (κ2) is 10.1. The van der Waals surface area contributed by atoms with Crippen LogP contribution in [0, 0.1) is 11.6 Å². The monoisotopic (exact) mass is 536 g/mol. The van der Waals surface area contributed by atoms with Crippen molar-refractivity contribution in [3.8, 4) is 17.0 Å². The standard InChI is InChI=1S/C28H30F2N6OS/c1-17(2)36-10-11-37-28-20(29)12-18(13-23(28)36)27-21(30)16-31-25(33-27)15-26-32-22-5-4-19(14-24(22)38-26)35-8-6-34(3)7-9-35/h4-5,12-14,16-17H,6-11,15H2,1-3H3. The van der Waals surface area contributed by atoms with E-state index in [9.17, 15) is 4.39 Å². The number of rotatable bonds is 5. The van der Waals surface area contributed by atoms with E-state index in [1.807, 2.05) is 13.8 Å². The number of hydrogen-bond acceptors (Lipinski definition) is 8. The lowest BCUT2D eigenvalue weighted by molar-refractivity contribution is 0.287. The molecule has 6 rings (SSSR count). The number of piperazine rings is 1. The summed E-state index contributed by atoms with van der Waals surface area (Å²) in [5.74, 6) is -0.476. The van der Waals surface area contributed by atoms with Crippen LogP contribution in [0.25, 0.3) is 21.5 Å². The second-order valence-electron chi connectivity index (χ2n) is 10.2. The lowest BCUT2D eigenvalue weighted by Crippen LogP contribution is -2.44. The van der Waals surface area contributed by atoms with E-state index in [0.717, 1.165) is 47.6 Å². The molecule has 0 amide bonds. The van der Waals surface area contributed by atoms with Crippen molar-refractivity contribution in [3.05, 3.63) is 59.0 Å². The number of halogens is 2. The summed E-state index contributed by atoms with van der Waals surface area (Å²) in [5, 5.41) is 0.851. The molecule has 2 aromatic carbocycles. The van der Waals surface area contributed by atoms with Gasteiger partial charge in [0.15, 0.2) is 17.4 Å². The maximum atomic E-state index is 15.0. The van der Waals surface area contributed by atoms with E-state index in [-0.39, 0.29) is 17.5 Å². The van der Waals surface area contributed by atoms with Gasteiger partial charge in [0.2, 0.25) is 0 Å². The molecule has 0 aliphatic carbocycles. The molecule has 2 aliphatic rings. The first-order valence-electron chi connectivity index (χ1n) is 12.9. The van der Waals surface area contributed by atoms with Crippen molar-refractivity contribution in [2.24, 2.45) is 0 Å². The Balaban J connectivity index is 1.28. The summed E-state index contributed by atoms with van der Waals surface area (Å²) in [6, 6.07) is 9.56. The molecule has 38 heavy (non-hydrogen) atoms. The van der Waals surface area contributed by atoms with Gasteiger partial charge in [0, 0.05) is 43.5 Å². The third-order valence-electron chi connectivity index (χ3n) is 7.20. The first-order chi connectivity index (χ1) is 18.4. The van der Waals surface area contributed by atoms with Crippen molar-refractivity contribution in [1.29, 1.82) is 0 Å². The molecule has 0 spiro atoms. The van der Waals surface area contributed by atoms with Crippen LogP contribution in [0.5, 0.6) is 5.75 Å². The van der Waals surface area contributed by atoms with Gasteiger partial charge in [0.05, 0.1) is 35.1 Å². The molecule has 4 aromatic rings. The summed E-state index contributed by atoms with van der Waals surface area (Å²) in [6.07, 6.45) is 1.52. The second-order valence-corrected chi connectivity index (χ2v) is 11.3. The molecule has 4 heterocycles. The minimum atomic E-state index is -0.595. The highest BCUT2D eigenvalue weighted by atomic mass is 32.1. The molecule has 198 valence electrons. The minimum Gasteiger partial charge on any atom is -0.486 e. The van der Waals surface area contributed by atoms with Crippen molar-refractivity contribution in [2.75, 3.05) is 56.2 Å². The molecule has 0 radical (unpaired) electrons. The fourth-order valence-electron chi connectivity index (χ4n) is 5.10. The van der Waals surface area contributed by atoms with E-state index < -0.39 is 11.6 Å². The number of likely N-dealkylation sites (N-methyl/N-ethyl adjacent to an activating group) is 1. The highest BCUT2D eigenvalue weighted by Crippen LogP contribution is 2.39. The predicted molar refractivity (Wildman–Crippen MR) is 147 cm³/mol. The van der Waals surface area contributed by atoms with E-state index in [0.29, 0.717) is 36.6 Å². The van der Waals surface area contributed by atoms with Crippen LogP contribution in [0.3, 0.4) is 0 Å². The Morgan fingerprint density at radius 2 is 1.82 bits per heavy atom. The number of anilines is 2. The molecule has 2 aliphatic heterocycles. The van der Waals surface area contributed by atoms with Gasteiger partial charge in [-0.3, -0.25) is 0 Å². The Hall–Kier alpha value is -3.37. The lowest BCUT2D eigenvalue weighted by atomic mass is 10.1. The van der Waals surface area contributed by atoms with E-state index in [2.05, 4.69) is 49.9 Å². The zero-order valence-electron chi connectivity index (χ0n) is 21.7. The molecule has 1 fully saturated rings. The number of benzene rings is 2. The van der Waals surface area contributed by atoms with Crippen LogP contribution in [0.4, 0.5) is 20.2 Å². The summed E-state index contributed by atoms with van der Waals surface area (Å²) in [6.45, 7) is 9.23. The normalized spacial score (nSPS) is 16.3. The van der Waals surface area contributed by atoms with Crippen LogP contribution in [0.2, 0.25) is 0 Å². The molecule has 0 saturated carbocycles. The Morgan fingerprint density at radius 1 is 1.00 bits per heavy atom. The van der Waals surface area contributed by atoms with Crippen molar-refractivity contribution in [3.63, 3.8) is 0 Å². The van der Waals surface area contributed by atoms with Gasteiger partial charge in [-0.2, -0.15) is 0 Å². The van der Waals surface area contributed by atoms with Crippen molar-refractivity contribution >= 4 is 32.9 Å². The fourth-order valence-corrected chi connectivity index (χ4v) is 6.10. The molecule has 0 unspecified atom stereocenters. The van der Waals surface area contributed by atoms with Crippen LogP contribution >= 0.6 is 11.3 Å².